The fourth-order valence-electron chi connectivity index (χ4n) is 3.28. The van der Waals surface area contributed by atoms with Gasteiger partial charge in [0.05, 0.1) is 31.2 Å². The van der Waals surface area contributed by atoms with Crippen molar-refractivity contribution in [2.75, 3.05) is 32.8 Å². The summed E-state index contributed by atoms with van der Waals surface area (Å²) in [5, 5.41) is 2.92. The first-order valence-electron chi connectivity index (χ1n) is 8.75. The van der Waals surface area contributed by atoms with Gasteiger partial charge in [0.1, 0.15) is 5.69 Å². The van der Waals surface area contributed by atoms with Crippen LogP contribution in [0.5, 0.6) is 0 Å². The summed E-state index contributed by atoms with van der Waals surface area (Å²) in [4.78, 5) is 31.1. The number of nitrogens with one attached hydrogen (secondary N) is 1. The third kappa shape index (κ3) is 3.61. The van der Waals surface area contributed by atoms with Crippen molar-refractivity contribution in [3.05, 3.63) is 17.7 Å². The smallest absolute Gasteiger partial charge is 0.271 e. The van der Waals surface area contributed by atoms with Gasteiger partial charge in [0.15, 0.2) is 0 Å². The van der Waals surface area contributed by atoms with Crippen LogP contribution in [0.1, 0.15) is 36.5 Å². The third-order valence-electron chi connectivity index (χ3n) is 4.65. The molecule has 0 spiro atoms. The monoisotopic (exact) mass is 334 g/mol. The van der Waals surface area contributed by atoms with Crippen molar-refractivity contribution in [3.8, 4) is 0 Å². The number of carbonyl (C=O) groups is 2. The molecule has 7 nitrogen and oxygen atoms in total. The van der Waals surface area contributed by atoms with Crippen LogP contribution < -0.4 is 5.32 Å². The Labute approximate surface area is 142 Å². The van der Waals surface area contributed by atoms with Crippen LogP contribution in [-0.4, -0.2) is 59.1 Å². The van der Waals surface area contributed by atoms with Gasteiger partial charge in [-0.15, -0.1) is 0 Å². The Bertz CT molecular complexity index is 605. The number of morpholine rings is 1. The second kappa shape index (κ2) is 7.34. The van der Waals surface area contributed by atoms with Gasteiger partial charge >= 0.3 is 0 Å². The minimum absolute atomic E-state index is 0.0311. The first-order valence-corrected chi connectivity index (χ1v) is 8.75. The van der Waals surface area contributed by atoms with E-state index in [0.29, 0.717) is 57.4 Å². The summed E-state index contributed by atoms with van der Waals surface area (Å²) in [7, 11) is 0. The summed E-state index contributed by atoms with van der Waals surface area (Å²) < 4.78 is 7.28. The van der Waals surface area contributed by atoms with Crippen LogP contribution in [0, 0.1) is 11.8 Å². The summed E-state index contributed by atoms with van der Waals surface area (Å²) in [5.41, 5.74) is 1.45. The Morgan fingerprint density at radius 2 is 2.12 bits per heavy atom. The molecule has 2 amide bonds. The molecular formula is C17H26N4O3. The number of nitrogens with zero attached hydrogens (tertiary/aromatic N) is 3. The maximum Gasteiger partial charge on any atom is 0.271 e. The molecule has 132 valence electrons. The molecule has 24 heavy (non-hydrogen) atoms. The SMILES string of the molecule is CC(C)CNC(=O)c1ncn2c1CCC(C(=O)N1CCOCC1)C2. The van der Waals surface area contributed by atoms with Crippen LogP contribution in [0.25, 0.3) is 0 Å². The predicted octanol–water partition coefficient (Wildman–Crippen LogP) is 0.690. The number of carbonyl (C=O) groups excluding carboxylic acids is 2. The molecule has 0 bridgehead atoms. The molecule has 0 aliphatic carbocycles. The minimum atomic E-state index is -0.115. The van der Waals surface area contributed by atoms with E-state index in [1.54, 1.807) is 6.33 Å². The maximum atomic E-state index is 12.6. The van der Waals surface area contributed by atoms with Crippen LogP contribution in [0.15, 0.2) is 6.33 Å². The number of aromatic nitrogens is 2. The van der Waals surface area contributed by atoms with Crippen LogP contribution in [0.4, 0.5) is 0 Å². The summed E-state index contributed by atoms with van der Waals surface area (Å²) in [6.07, 6.45) is 3.18. The van der Waals surface area contributed by atoms with Gasteiger partial charge in [-0.05, 0) is 18.8 Å². The second-order valence-electron chi connectivity index (χ2n) is 6.97. The van der Waals surface area contributed by atoms with Crippen molar-refractivity contribution in [2.45, 2.75) is 33.2 Å². The van der Waals surface area contributed by atoms with Gasteiger partial charge in [0.25, 0.3) is 5.91 Å². The number of amides is 2. The first kappa shape index (κ1) is 17.0. The quantitative estimate of drug-likeness (QED) is 0.879. The molecular weight excluding hydrogens is 308 g/mol. The van der Waals surface area contributed by atoms with E-state index in [4.69, 9.17) is 4.74 Å². The van der Waals surface area contributed by atoms with Crippen LogP contribution >= 0.6 is 0 Å². The lowest BCUT2D eigenvalue weighted by Crippen LogP contribution is -2.45. The van der Waals surface area contributed by atoms with E-state index in [9.17, 15) is 9.59 Å². The normalized spacial score (nSPS) is 20.8. The maximum absolute atomic E-state index is 12.6. The summed E-state index contributed by atoms with van der Waals surface area (Å²) in [6.45, 7) is 7.96. The van der Waals surface area contributed by atoms with Gasteiger partial charge in [-0.1, -0.05) is 13.8 Å². The zero-order valence-corrected chi connectivity index (χ0v) is 14.5. The molecule has 2 aliphatic heterocycles. The van der Waals surface area contributed by atoms with E-state index in [2.05, 4.69) is 24.1 Å². The van der Waals surface area contributed by atoms with E-state index in [1.165, 1.54) is 0 Å². The highest BCUT2D eigenvalue weighted by Gasteiger charge is 2.31. The lowest BCUT2D eigenvalue weighted by molar-refractivity contribution is -0.140. The highest BCUT2D eigenvalue weighted by molar-refractivity contribution is 5.93. The fraction of sp³-hybridized carbons (Fsp3) is 0.706. The van der Waals surface area contributed by atoms with Gasteiger partial charge in [-0.2, -0.15) is 0 Å². The third-order valence-corrected chi connectivity index (χ3v) is 4.65. The predicted molar refractivity (Wildman–Crippen MR) is 88.6 cm³/mol. The lowest BCUT2D eigenvalue weighted by atomic mass is 9.95. The Morgan fingerprint density at radius 3 is 2.83 bits per heavy atom. The van der Waals surface area contributed by atoms with Crippen LogP contribution in [0.3, 0.4) is 0 Å². The standard InChI is InChI=1S/C17H26N4O3/c1-12(2)9-18-16(22)15-14-4-3-13(10-21(14)11-19-15)17(23)20-5-7-24-8-6-20/h11-13H,3-10H2,1-2H3,(H,18,22). The number of imidazole rings is 1. The lowest BCUT2D eigenvalue weighted by Gasteiger charge is -2.32. The molecule has 0 aromatic carbocycles. The Hall–Kier alpha value is -1.89. The van der Waals surface area contributed by atoms with Gasteiger partial charge in [-0.3, -0.25) is 9.59 Å². The topological polar surface area (TPSA) is 76.5 Å². The molecule has 2 aliphatic rings. The summed E-state index contributed by atoms with van der Waals surface area (Å²) in [5.74, 6) is 0.457. The molecule has 1 aromatic rings. The van der Waals surface area contributed by atoms with E-state index in [1.807, 2.05) is 9.47 Å². The number of rotatable bonds is 4. The van der Waals surface area contributed by atoms with E-state index in [0.717, 1.165) is 12.1 Å². The number of hydrogen-bond acceptors (Lipinski definition) is 4. The van der Waals surface area contributed by atoms with Crippen molar-refractivity contribution >= 4 is 11.8 Å². The Balaban J connectivity index is 1.64. The highest BCUT2D eigenvalue weighted by atomic mass is 16.5. The van der Waals surface area contributed by atoms with Crippen molar-refractivity contribution in [1.29, 1.82) is 0 Å². The molecule has 1 fully saturated rings. The molecule has 7 heteroatoms. The van der Waals surface area contributed by atoms with Crippen molar-refractivity contribution in [2.24, 2.45) is 11.8 Å². The molecule has 1 saturated heterocycles. The van der Waals surface area contributed by atoms with E-state index >= 15 is 0 Å². The molecule has 1 aromatic heterocycles. The largest absolute Gasteiger partial charge is 0.378 e. The molecule has 3 rings (SSSR count). The van der Waals surface area contributed by atoms with Gasteiger partial charge < -0.3 is 19.5 Å². The summed E-state index contributed by atoms with van der Waals surface area (Å²) in [6, 6.07) is 0. The molecule has 1 unspecified atom stereocenters. The van der Waals surface area contributed by atoms with Crippen molar-refractivity contribution in [1.82, 2.24) is 19.8 Å². The summed E-state index contributed by atoms with van der Waals surface area (Å²) >= 11 is 0. The van der Waals surface area contributed by atoms with Gasteiger partial charge in [0, 0.05) is 26.2 Å². The first-order chi connectivity index (χ1) is 11.6. The molecule has 0 radical (unpaired) electrons. The average molecular weight is 334 g/mol. The Kier molecular flexibility index (Phi) is 5.18. The van der Waals surface area contributed by atoms with E-state index in [-0.39, 0.29) is 17.7 Å². The van der Waals surface area contributed by atoms with Crippen molar-refractivity contribution < 1.29 is 14.3 Å². The number of ether oxygens (including phenoxy) is 1. The molecule has 3 heterocycles. The molecule has 1 N–H and O–H groups in total. The van der Waals surface area contributed by atoms with Gasteiger partial charge in [0.2, 0.25) is 5.91 Å². The van der Waals surface area contributed by atoms with Crippen LogP contribution in [-0.2, 0) is 22.5 Å². The molecule has 0 saturated carbocycles. The fourth-order valence-corrected chi connectivity index (χ4v) is 3.28. The van der Waals surface area contributed by atoms with Gasteiger partial charge in [-0.25, -0.2) is 4.98 Å². The molecule has 1 atom stereocenters. The van der Waals surface area contributed by atoms with Crippen LogP contribution in [0.2, 0.25) is 0 Å². The van der Waals surface area contributed by atoms with Crippen molar-refractivity contribution in [3.63, 3.8) is 0 Å². The minimum Gasteiger partial charge on any atom is -0.378 e. The zero-order chi connectivity index (χ0) is 17.1. The Morgan fingerprint density at radius 1 is 1.38 bits per heavy atom. The van der Waals surface area contributed by atoms with E-state index < -0.39 is 0 Å². The zero-order valence-electron chi connectivity index (χ0n) is 14.5. The number of hydrogen-bond donors (Lipinski definition) is 1. The average Bonchev–Trinajstić information content (AvgIpc) is 3.03. The highest BCUT2D eigenvalue weighted by Crippen LogP contribution is 2.24. The number of fused-ring (bicyclic) bond motifs is 1. The second-order valence-corrected chi connectivity index (χ2v) is 6.97.